The van der Waals surface area contributed by atoms with E-state index in [-0.39, 0.29) is 0 Å². The first-order valence-electron chi connectivity index (χ1n) is 8.56. The Kier molecular flexibility index (Phi) is 6.00. The van der Waals surface area contributed by atoms with Gasteiger partial charge in [0.25, 0.3) is 0 Å². The van der Waals surface area contributed by atoms with Gasteiger partial charge in [-0.15, -0.1) is 0 Å². The van der Waals surface area contributed by atoms with Gasteiger partial charge in [0.1, 0.15) is 13.1 Å². The standard InChI is InChI=1S/C20H29N2/c1-5-21(6-2)19-13-9-17(10-14-19)18-11-15-20(16-12-18)22(7-3)8-4/h9-17H,5-8H2,1-4H3/q+1. The molecule has 1 aromatic carbocycles. The fourth-order valence-electron chi connectivity index (χ4n) is 3.04. The van der Waals surface area contributed by atoms with Gasteiger partial charge in [0, 0.05) is 36.8 Å². The smallest absolute Gasteiger partial charge is 0.199 e. The van der Waals surface area contributed by atoms with Crippen molar-refractivity contribution in [3.8, 4) is 0 Å². The van der Waals surface area contributed by atoms with E-state index < -0.39 is 0 Å². The van der Waals surface area contributed by atoms with Crippen LogP contribution in [0.25, 0.3) is 0 Å². The highest BCUT2D eigenvalue weighted by Crippen LogP contribution is 2.24. The molecular weight excluding hydrogens is 268 g/mol. The molecule has 0 atom stereocenters. The molecule has 0 spiro atoms. The molecule has 0 N–H and O–H groups in total. The average Bonchev–Trinajstić information content (AvgIpc) is 2.58. The van der Waals surface area contributed by atoms with Crippen LogP contribution in [0.2, 0.25) is 0 Å². The lowest BCUT2D eigenvalue weighted by Crippen LogP contribution is -2.21. The lowest BCUT2D eigenvalue weighted by atomic mass is 9.94. The molecule has 0 amide bonds. The van der Waals surface area contributed by atoms with Gasteiger partial charge in [-0.05, 0) is 45.4 Å². The largest absolute Gasteiger partial charge is 0.372 e. The summed E-state index contributed by atoms with van der Waals surface area (Å²) in [5.74, 6) is 0.394. The van der Waals surface area contributed by atoms with Crippen molar-refractivity contribution in [3.05, 3.63) is 54.1 Å². The van der Waals surface area contributed by atoms with Gasteiger partial charge in [0.2, 0.25) is 0 Å². The van der Waals surface area contributed by atoms with E-state index in [2.05, 4.69) is 85.7 Å². The number of benzene rings is 1. The third kappa shape index (κ3) is 3.68. The van der Waals surface area contributed by atoms with Crippen molar-refractivity contribution < 1.29 is 4.58 Å². The number of rotatable bonds is 6. The van der Waals surface area contributed by atoms with Crippen molar-refractivity contribution in [2.75, 3.05) is 31.1 Å². The summed E-state index contributed by atoms with van der Waals surface area (Å²) >= 11 is 0. The number of hydrogen-bond donors (Lipinski definition) is 0. The Balaban J connectivity index is 2.13. The lowest BCUT2D eigenvalue weighted by Gasteiger charge is -2.21. The van der Waals surface area contributed by atoms with E-state index in [9.17, 15) is 0 Å². The molecule has 2 rings (SSSR count). The molecule has 118 valence electrons. The second-order valence-electron chi connectivity index (χ2n) is 5.60. The predicted octanol–water partition coefficient (Wildman–Crippen LogP) is 4.24. The monoisotopic (exact) mass is 297 g/mol. The highest BCUT2D eigenvalue weighted by Gasteiger charge is 2.13. The molecule has 0 bridgehead atoms. The van der Waals surface area contributed by atoms with Crippen molar-refractivity contribution >= 4 is 11.4 Å². The van der Waals surface area contributed by atoms with E-state index >= 15 is 0 Å². The van der Waals surface area contributed by atoms with Crippen LogP contribution in [0.4, 0.5) is 5.69 Å². The van der Waals surface area contributed by atoms with Crippen LogP contribution in [0.1, 0.15) is 39.2 Å². The van der Waals surface area contributed by atoms with Crippen LogP contribution in [0, 0.1) is 0 Å². The molecule has 0 aromatic heterocycles. The first-order chi connectivity index (χ1) is 10.7. The Morgan fingerprint density at radius 2 is 1.41 bits per heavy atom. The van der Waals surface area contributed by atoms with Gasteiger partial charge >= 0.3 is 0 Å². The fraction of sp³-hybridized carbons (Fsp3) is 0.450. The molecule has 0 heterocycles. The summed E-state index contributed by atoms with van der Waals surface area (Å²) in [6, 6.07) is 9.01. The van der Waals surface area contributed by atoms with Crippen molar-refractivity contribution in [3.63, 3.8) is 0 Å². The van der Waals surface area contributed by atoms with Crippen LogP contribution in [-0.4, -0.2) is 36.5 Å². The summed E-state index contributed by atoms with van der Waals surface area (Å²) in [5.41, 5.74) is 4.00. The molecule has 1 aliphatic rings. The van der Waals surface area contributed by atoms with Gasteiger partial charge in [0.05, 0.1) is 0 Å². The van der Waals surface area contributed by atoms with Crippen LogP contribution in [-0.2, 0) is 0 Å². The number of nitrogens with zero attached hydrogens (tertiary/aromatic N) is 2. The average molecular weight is 297 g/mol. The maximum absolute atomic E-state index is 2.38. The van der Waals surface area contributed by atoms with Gasteiger partial charge in [-0.1, -0.05) is 24.3 Å². The molecule has 0 fully saturated rings. The zero-order chi connectivity index (χ0) is 15.9. The first-order valence-corrected chi connectivity index (χ1v) is 8.56. The maximum atomic E-state index is 2.38. The quantitative estimate of drug-likeness (QED) is 0.712. The van der Waals surface area contributed by atoms with Crippen LogP contribution < -0.4 is 4.90 Å². The summed E-state index contributed by atoms with van der Waals surface area (Å²) < 4.78 is 2.38. The minimum atomic E-state index is 0.394. The zero-order valence-corrected chi connectivity index (χ0v) is 14.4. The first kappa shape index (κ1) is 16.5. The molecule has 2 heteroatoms. The van der Waals surface area contributed by atoms with E-state index in [4.69, 9.17) is 0 Å². The van der Waals surface area contributed by atoms with Crippen molar-refractivity contribution in [2.24, 2.45) is 0 Å². The van der Waals surface area contributed by atoms with Gasteiger partial charge < -0.3 is 4.90 Å². The third-order valence-electron chi connectivity index (χ3n) is 4.48. The van der Waals surface area contributed by atoms with Crippen LogP contribution >= 0.6 is 0 Å². The van der Waals surface area contributed by atoms with E-state index in [0.717, 1.165) is 26.2 Å². The van der Waals surface area contributed by atoms with Gasteiger partial charge in [-0.3, -0.25) is 0 Å². The van der Waals surface area contributed by atoms with Crippen LogP contribution in [0.3, 0.4) is 0 Å². The molecule has 1 aromatic rings. The Hall–Kier alpha value is -1.83. The Morgan fingerprint density at radius 3 is 1.86 bits per heavy atom. The van der Waals surface area contributed by atoms with E-state index in [1.165, 1.54) is 17.0 Å². The highest BCUT2D eigenvalue weighted by atomic mass is 15.1. The summed E-state index contributed by atoms with van der Waals surface area (Å²) in [5, 5.41) is 0. The predicted molar refractivity (Wildman–Crippen MR) is 97.4 cm³/mol. The van der Waals surface area contributed by atoms with Gasteiger partial charge in [-0.2, -0.15) is 0 Å². The molecule has 22 heavy (non-hydrogen) atoms. The van der Waals surface area contributed by atoms with Crippen molar-refractivity contribution in [1.82, 2.24) is 0 Å². The molecule has 0 unspecified atom stereocenters. The minimum Gasteiger partial charge on any atom is -0.372 e. The summed E-state index contributed by atoms with van der Waals surface area (Å²) in [7, 11) is 0. The number of anilines is 1. The number of allylic oxidation sites excluding steroid dienone is 4. The van der Waals surface area contributed by atoms with E-state index in [1.54, 1.807) is 0 Å². The molecule has 1 aliphatic carbocycles. The Labute approximate surface area is 135 Å². The van der Waals surface area contributed by atoms with E-state index in [0.29, 0.717) is 5.92 Å². The molecular formula is C20H29N2+. The highest BCUT2D eigenvalue weighted by molar-refractivity contribution is 6.01. The normalized spacial score (nSPS) is 16.9. The van der Waals surface area contributed by atoms with Crippen molar-refractivity contribution in [2.45, 2.75) is 33.6 Å². The molecule has 0 radical (unpaired) electrons. The van der Waals surface area contributed by atoms with Crippen LogP contribution in [0.5, 0.6) is 0 Å². The fourth-order valence-corrected chi connectivity index (χ4v) is 3.04. The summed E-state index contributed by atoms with van der Waals surface area (Å²) in [6.45, 7) is 13.0. The molecule has 0 saturated heterocycles. The summed E-state index contributed by atoms with van der Waals surface area (Å²) in [6.07, 6.45) is 9.13. The maximum Gasteiger partial charge on any atom is 0.199 e. The Bertz CT molecular complexity index is 538. The van der Waals surface area contributed by atoms with E-state index in [1.807, 2.05) is 0 Å². The number of hydrogen-bond acceptors (Lipinski definition) is 1. The molecule has 0 saturated carbocycles. The van der Waals surface area contributed by atoms with Gasteiger partial charge in [-0.25, -0.2) is 4.58 Å². The topological polar surface area (TPSA) is 6.25 Å². The summed E-state index contributed by atoms with van der Waals surface area (Å²) in [4.78, 5) is 2.38. The SMILES string of the molecule is CCN(CC)c1ccc(C2C=CC(=[N+](CC)CC)C=C2)cc1. The second-order valence-corrected chi connectivity index (χ2v) is 5.60. The third-order valence-corrected chi connectivity index (χ3v) is 4.48. The molecule has 2 nitrogen and oxygen atoms in total. The Morgan fingerprint density at radius 1 is 0.864 bits per heavy atom. The second kappa shape index (κ2) is 7.98. The minimum absolute atomic E-state index is 0.394. The lowest BCUT2D eigenvalue weighted by molar-refractivity contribution is -0.519. The zero-order valence-electron chi connectivity index (χ0n) is 14.4. The van der Waals surface area contributed by atoms with Gasteiger partial charge in [0.15, 0.2) is 5.71 Å². The van der Waals surface area contributed by atoms with Crippen molar-refractivity contribution in [1.29, 1.82) is 0 Å². The molecule has 0 aliphatic heterocycles. The van der Waals surface area contributed by atoms with Crippen LogP contribution in [0.15, 0.2) is 48.6 Å².